The normalized spacial score (nSPS) is 17.2. The van der Waals surface area contributed by atoms with Crippen LogP contribution in [0, 0.1) is 5.92 Å². The predicted octanol–water partition coefficient (Wildman–Crippen LogP) is 4.21. The lowest BCUT2D eigenvalue weighted by Crippen LogP contribution is -2.03. The van der Waals surface area contributed by atoms with E-state index in [1.54, 1.807) is 0 Å². The van der Waals surface area contributed by atoms with Crippen LogP contribution >= 0.6 is 0 Å². The third-order valence-electron chi connectivity index (χ3n) is 3.15. The summed E-state index contributed by atoms with van der Waals surface area (Å²) >= 11 is 0. The molecule has 0 bridgehead atoms. The summed E-state index contributed by atoms with van der Waals surface area (Å²) in [6.07, 6.45) is 11.7. The zero-order valence-electron chi connectivity index (χ0n) is 10.6. The van der Waals surface area contributed by atoms with E-state index < -0.39 is 0 Å². The standard InChI is InChI=1S/C15H22O/c1-12(2)5-4-6-13(3)15-9-7-14(11-16)8-10-15/h5,7,9,11,13H,4,6,8,10H2,1-3H3. The van der Waals surface area contributed by atoms with Gasteiger partial charge in [-0.15, -0.1) is 0 Å². The monoisotopic (exact) mass is 218 g/mol. The van der Waals surface area contributed by atoms with Crippen LogP contribution in [0.2, 0.25) is 0 Å². The van der Waals surface area contributed by atoms with E-state index in [2.05, 4.69) is 32.9 Å². The topological polar surface area (TPSA) is 17.1 Å². The highest BCUT2D eigenvalue weighted by Crippen LogP contribution is 2.26. The first-order valence-corrected chi connectivity index (χ1v) is 6.11. The average Bonchev–Trinajstić information content (AvgIpc) is 2.28. The Labute approximate surface area is 98.9 Å². The van der Waals surface area contributed by atoms with Crippen molar-refractivity contribution in [2.24, 2.45) is 5.92 Å². The second-order valence-electron chi connectivity index (χ2n) is 4.86. The molecular weight excluding hydrogens is 196 g/mol. The fourth-order valence-electron chi connectivity index (χ4n) is 1.99. The Bertz CT molecular complexity index is 327. The number of carbonyl (C=O) groups excluding carboxylic acids is 1. The summed E-state index contributed by atoms with van der Waals surface area (Å²) in [6, 6.07) is 0. The summed E-state index contributed by atoms with van der Waals surface area (Å²) in [6.45, 7) is 6.57. The zero-order valence-corrected chi connectivity index (χ0v) is 10.6. The van der Waals surface area contributed by atoms with Gasteiger partial charge >= 0.3 is 0 Å². The van der Waals surface area contributed by atoms with E-state index in [0.717, 1.165) is 31.1 Å². The Morgan fingerprint density at radius 1 is 1.38 bits per heavy atom. The number of carbonyl (C=O) groups is 1. The lowest BCUT2D eigenvalue weighted by Gasteiger charge is -2.18. The van der Waals surface area contributed by atoms with Crippen molar-refractivity contribution in [2.75, 3.05) is 0 Å². The Balaban J connectivity index is 2.46. The SMILES string of the molecule is CC(C)=CCCC(C)C1=CC=C(C=O)CC1. The lowest BCUT2D eigenvalue weighted by molar-refractivity contribution is -0.105. The molecule has 0 radical (unpaired) electrons. The molecule has 0 aliphatic heterocycles. The van der Waals surface area contributed by atoms with E-state index in [1.165, 1.54) is 17.6 Å². The maximum atomic E-state index is 10.6. The molecule has 1 aliphatic rings. The maximum Gasteiger partial charge on any atom is 0.146 e. The quantitative estimate of drug-likeness (QED) is 0.499. The van der Waals surface area contributed by atoms with Crippen molar-refractivity contribution in [3.8, 4) is 0 Å². The molecule has 1 aliphatic carbocycles. The van der Waals surface area contributed by atoms with Gasteiger partial charge in [-0.1, -0.05) is 36.3 Å². The molecule has 0 N–H and O–H groups in total. The largest absolute Gasteiger partial charge is 0.298 e. The van der Waals surface area contributed by atoms with Crippen molar-refractivity contribution >= 4 is 6.29 Å². The summed E-state index contributed by atoms with van der Waals surface area (Å²) in [4.78, 5) is 10.6. The van der Waals surface area contributed by atoms with Crippen LogP contribution in [0.1, 0.15) is 46.5 Å². The number of allylic oxidation sites excluding steroid dienone is 6. The van der Waals surface area contributed by atoms with Crippen LogP contribution in [0.4, 0.5) is 0 Å². The van der Waals surface area contributed by atoms with Gasteiger partial charge in [0, 0.05) is 0 Å². The third-order valence-corrected chi connectivity index (χ3v) is 3.15. The van der Waals surface area contributed by atoms with Crippen LogP contribution in [0.5, 0.6) is 0 Å². The molecule has 0 aromatic heterocycles. The summed E-state index contributed by atoms with van der Waals surface area (Å²) < 4.78 is 0. The van der Waals surface area contributed by atoms with Gasteiger partial charge in [0.25, 0.3) is 0 Å². The fourth-order valence-corrected chi connectivity index (χ4v) is 1.99. The van der Waals surface area contributed by atoms with E-state index >= 15 is 0 Å². The van der Waals surface area contributed by atoms with E-state index in [4.69, 9.17) is 0 Å². The molecule has 0 aromatic rings. The van der Waals surface area contributed by atoms with Gasteiger partial charge in [0.2, 0.25) is 0 Å². The van der Waals surface area contributed by atoms with Crippen molar-refractivity contribution in [1.82, 2.24) is 0 Å². The number of rotatable bonds is 5. The van der Waals surface area contributed by atoms with Gasteiger partial charge in [0.15, 0.2) is 0 Å². The molecule has 0 aromatic carbocycles. The first-order valence-electron chi connectivity index (χ1n) is 6.11. The van der Waals surface area contributed by atoms with Crippen molar-refractivity contribution < 1.29 is 4.79 Å². The first kappa shape index (κ1) is 13.0. The van der Waals surface area contributed by atoms with Crippen molar-refractivity contribution in [3.63, 3.8) is 0 Å². The molecule has 88 valence electrons. The van der Waals surface area contributed by atoms with Crippen LogP contribution in [0.3, 0.4) is 0 Å². The van der Waals surface area contributed by atoms with Crippen LogP contribution < -0.4 is 0 Å². The van der Waals surface area contributed by atoms with Crippen LogP contribution in [0.25, 0.3) is 0 Å². The third kappa shape index (κ3) is 4.18. The van der Waals surface area contributed by atoms with E-state index in [-0.39, 0.29) is 0 Å². The zero-order chi connectivity index (χ0) is 12.0. The van der Waals surface area contributed by atoms with Gasteiger partial charge in [-0.05, 0) is 51.0 Å². The smallest absolute Gasteiger partial charge is 0.146 e. The van der Waals surface area contributed by atoms with Crippen molar-refractivity contribution in [1.29, 1.82) is 0 Å². The molecule has 16 heavy (non-hydrogen) atoms. The van der Waals surface area contributed by atoms with Crippen LogP contribution in [-0.2, 0) is 4.79 Å². The molecule has 1 heteroatoms. The fraction of sp³-hybridized carbons (Fsp3) is 0.533. The highest BCUT2D eigenvalue weighted by molar-refractivity contribution is 5.74. The molecule has 0 saturated heterocycles. The minimum absolute atomic E-state index is 0.639. The maximum absolute atomic E-state index is 10.6. The highest BCUT2D eigenvalue weighted by Gasteiger charge is 2.11. The van der Waals surface area contributed by atoms with Gasteiger partial charge in [0.05, 0.1) is 0 Å². The second-order valence-corrected chi connectivity index (χ2v) is 4.86. The van der Waals surface area contributed by atoms with Crippen LogP contribution in [-0.4, -0.2) is 6.29 Å². The molecule has 1 nitrogen and oxygen atoms in total. The Morgan fingerprint density at radius 2 is 2.12 bits per heavy atom. The van der Waals surface area contributed by atoms with Crippen molar-refractivity contribution in [3.05, 3.63) is 34.9 Å². The van der Waals surface area contributed by atoms with Crippen molar-refractivity contribution in [2.45, 2.75) is 46.5 Å². The predicted molar refractivity (Wildman–Crippen MR) is 69.3 cm³/mol. The number of hydrogen-bond donors (Lipinski definition) is 0. The number of aldehydes is 1. The molecule has 0 saturated carbocycles. The summed E-state index contributed by atoms with van der Waals surface area (Å²) in [5, 5.41) is 0. The average molecular weight is 218 g/mol. The van der Waals surface area contributed by atoms with Gasteiger partial charge in [-0.3, -0.25) is 4.79 Å². The Morgan fingerprint density at radius 3 is 2.62 bits per heavy atom. The van der Waals surface area contributed by atoms with E-state index in [0.29, 0.717) is 5.92 Å². The minimum atomic E-state index is 0.639. The number of hydrogen-bond acceptors (Lipinski definition) is 1. The molecule has 1 unspecified atom stereocenters. The molecule has 0 fully saturated rings. The highest BCUT2D eigenvalue weighted by atomic mass is 16.1. The van der Waals surface area contributed by atoms with E-state index in [9.17, 15) is 4.79 Å². The lowest BCUT2D eigenvalue weighted by atomic mass is 9.88. The molecule has 0 heterocycles. The van der Waals surface area contributed by atoms with Crippen LogP contribution in [0.15, 0.2) is 34.9 Å². The molecule has 1 rings (SSSR count). The Kier molecular flexibility index (Phi) is 5.24. The summed E-state index contributed by atoms with van der Waals surface area (Å²) in [7, 11) is 0. The molecule has 0 spiro atoms. The van der Waals surface area contributed by atoms with Gasteiger partial charge in [0.1, 0.15) is 6.29 Å². The summed E-state index contributed by atoms with van der Waals surface area (Å²) in [5.74, 6) is 0.639. The minimum Gasteiger partial charge on any atom is -0.298 e. The van der Waals surface area contributed by atoms with E-state index in [1.807, 2.05) is 6.08 Å². The first-order chi connectivity index (χ1) is 7.63. The van der Waals surface area contributed by atoms with Gasteiger partial charge < -0.3 is 0 Å². The molecular formula is C15H22O. The van der Waals surface area contributed by atoms with Gasteiger partial charge in [-0.25, -0.2) is 0 Å². The second kappa shape index (κ2) is 6.47. The van der Waals surface area contributed by atoms with Gasteiger partial charge in [-0.2, -0.15) is 0 Å². The Hall–Kier alpha value is -1.11. The molecule has 1 atom stereocenters. The summed E-state index contributed by atoms with van der Waals surface area (Å²) in [5.41, 5.74) is 3.82. The molecule has 0 amide bonds.